The van der Waals surface area contributed by atoms with Gasteiger partial charge in [0.15, 0.2) is 0 Å². The third-order valence-electron chi connectivity index (χ3n) is 2.07. The molecule has 0 amide bonds. The highest BCUT2D eigenvalue weighted by atomic mass is 16.5. The Morgan fingerprint density at radius 3 is 2.57 bits per heavy atom. The molecular formula is C12H15NO. The maximum absolute atomic E-state index is 5.87. The van der Waals surface area contributed by atoms with Crippen molar-refractivity contribution < 1.29 is 4.74 Å². The van der Waals surface area contributed by atoms with Gasteiger partial charge in [-0.1, -0.05) is 25.0 Å². The van der Waals surface area contributed by atoms with Gasteiger partial charge in [-0.2, -0.15) is 0 Å². The van der Waals surface area contributed by atoms with Gasteiger partial charge in [-0.25, -0.2) is 0 Å². The quantitative estimate of drug-likeness (QED) is 0.736. The number of terminal acetylenes is 1. The Bertz CT molecular complexity index is 310. The predicted molar refractivity (Wildman–Crippen MR) is 58.0 cm³/mol. The topological polar surface area (TPSA) is 35.2 Å². The van der Waals surface area contributed by atoms with Crippen molar-refractivity contribution in [2.24, 2.45) is 5.73 Å². The first kappa shape index (κ1) is 10.6. The van der Waals surface area contributed by atoms with Crippen molar-refractivity contribution >= 4 is 0 Å². The minimum Gasteiger partial charge on any atom is -0.481 e. The molecule has 1 atom stereocenters. The summed E-state index contributed by atoms with van der Waals surface area (Å²) in [5.74, 6) is 3.20. The van der Waals surface area contributed by atoms with E-state index in [1.54, 1.807) is 0 Å². The van der Waals surface area contributed by atoms with Crippen LogP contribution < -0.4 is 10.5 Å². The van der Waals surface area contributed by atoms with Crippen LogP contribution in [-0.4, -0.2) is 6.61 Å². The highest BCUT2D eigenvalue weighted by molar-refractivity contribution is 5.29. The second-order valence-corrected chi connectivity index (χ2v) is 3.08. The normalized spacial score (nSPS) is 11.8. The summed E-state index contributed by atoms with van der Waals surface area (Å²) in [5, 5.41) is 0. The first-order valence-electron chi connectivity index (χ1n) is 4.69. The molecule has 0 aliphatic carbocycles. The third kappa shape index (κ3) is 2.79. The van der Waals surface area contributed by atoms with E-state index < -0.39 is 0 Å². The Labute approximate surface area is 85.1 Å². The second kappa shape index (κ2) is 5.31. The summed E-state index contributed by atoms with van der Waals surface area (Å²) in [6.07, 6.45) is 6.02. The molecule has 0 aliphatic rings. The molecule has 0 aliphatic heterocycles. The lowest BCUT2D eigenvalue weighted by molar-refractivity contribution is 0.370. The van der Waals surface area contributed by atoms with Gasteiger partial charge in [-0.3, -0.25) is 0 Å². The van der Waals surface area contributed by atoms with Crippen LogP contribution in [-0.2, 0) is 0 Å². The predicted octanol–water partition coefficient (Wildman–Crippen LogP) is 2.11. The Morgan fingerprint density at radius 1 is 1.43 bits per heavy atom. The minimum atomic E-state index is 0.108. The van der Waals surface area contributed by atoms with E-state index in [0.717, 1.165) is 17.7 Å². The van der Waals surface area contributed by atoms with Crippen LogP contribution in [0.25, 0.3) is 0 Å². The van der Waals surface area contributed by atoms with Gasteiger partial charge in [0.05, 0.1) is 0 Å². The third-order valence-corrected chi connectivity index (χ3v) is 2.07. The van der Waals surface area contributed by atoms with Crippen molar-refractivity contribution in [1.82, 2.24) is 0 Å². The van der Waals surface area contributed by atoms with Crippen molar-refractivity contribution in [3.05, 3.63) is 29.8 Å². The van der Waals surface area contributed by atoms with Crippen molar-refractivity contribution in [2.75, 3.05) is 6.61 Å². The summed E-state index contributed by atoms with van der Waals surface area (Å²) in [5.41, 5.74) is 7.00. The zero-order valence-corrected chi connectivity index (χ0v) is 8.36. The van der Waals surface area contributed by atoms with E-state index in [0.29, 0.717) is 6.61 Å². The zero-order valence-electron chi connectivity index (χ0n) is 8.36. The molecule has 0 bridgehead atoms. The van der Waals surface area contributed by atoms with E-state index >= 15 is 0 Å². The fourth-order valence-electron chi connectivity index (χ4n) is 1.17. The molecule has 0 fully saturated rings. The number of hydrogen-bond acceptors (Lipinski definition) is 2. The molecule has 0 saturated carbocycles. The number of hydrogen-bond donors (Lipinski definition) is 1. The lowest BCUT2D eigenvalue weighted by Crippen LogP contribution is -2.08. The Balaban J connectivity index is 2.64. The maximum atomic E-state index is 5.87. The van der Waals surface area contributed by atoms with Crippen molar-refractivity contribution in [1.29, 1.82) is 0 Å². The van der Waals surface area contributed by atoms with Crippen LogP contribution in [0.15, 0.2) is 24.3 Å². The molecule has 74 valence electrons. The Kier molecular flexibility index (Phi) is 4.03. The van der Waals surface area contributed by atoms with Crippen LogP contribution in [0.1, 0.15) is 24.9 Å². The average Bonchev–Trinajstić information content (AvgIpc) is 2.26. The molecule has 2 N–H and O–H groups in total. The molecule has 14 heavy (non-hydrogen) atoms. The summed E-state index contributed by atoms with van der Waals surface area (Å²) >= 11 is 0. The molecule has 0 spiro atoms. The molecular weight excluding hydrogens is 174 g/mol. The maximum Gasteiger partial charge on any atom is 0.148 e. The highest BCUT2D eigenvalue weighted by Crippen LogP contribution is 2.17. The van der Waals surface area contributed by atoms with Gasteiger partial charge >= 0.3 is 0 Å². The van der Waals surface area contributed by atoms with E-state index in [4.69, 9.17) is 16.9 Å². The molecule has 0 heterocycles. The number of ether oxygens (including phenoxy) is 1. The standard InChI is InChI=1S/C12H15NO/c1-3-9-14-11-7-5-10(6-8-11)12(13)4-2/h1,5-8,12H,4,9,13H2,2H3. The van der Waals surface area contributed by atoms with Crippen LogP contribution >= 0.6 is 0 Å². The molecule has 1 unspecified atom stereocenters. The van der Waals surface area contributed by atoms with Gasteiger partial charge in [0.2, 0.25) is 0 Å². The van der Waals surface area contributed by atoms with Gasteiger partial charge < -0.3 is 10.5 Å². The zero-order chi connectivity index (χ0) is 10.4. The lowest BCUT2D eigenvalue weighted by Gasteiger charge is -2.09. The monoisotopic (exact) mass is 189 g/mol. The van der Waals surface area contributed by atoms with E-state index in [1.165, 1.54) is 0 Å². The van der Waals surface area contributed by atoms with Crippen molar-refractivity contribution in [2.45, 2.75) is 19.4 Å². The minimum absolute atomic E-state index is 0.108. The van der Waals surface area contributed by atoms with Crippen molar-refractivity contribution in [3.8, 4) is 18.1 Å². The molecule has 2 heteroatoms. The molecule has 0 saturated heterocycles. The SMILES string of the molecule is C#CCOc1ccc(C(N)CC)cc1. The summed E-state index contributed by atoms with van der Waals surface area (Å²) in [6, 6.07) is 7.83. The molecule has 1 rings (SSSR count). The van der Waals surface area contributed by atoms with Crippen LogP contribution in [0.5, 0.6) is 5.75 Å². The molecule has 2 nitrogen and oxygen atoms in total. The Morgan fingerprint density at radius 2 is 2.07 bits per heavy atom. The smallest absolute Gasteiger partial charge is 0.148 e. The molecule has 1 aromatic rings. The van der Waals surface area contributed by atoms with Gasteiger partial charge in [0.25, 0.3) is 0 Å². The molecule has 1 aromatic carbocycles. The largest absolute Gasteiger partial charge is 0.481 e. The Hall–Kier alpha value is -1.46. The van der Waals surface area contributed by atoms with Crippen LogP contribution in [0.4, 0.5) is 0 Å². The highest BCUT2D eigenvalue weighted by Gasteiger charge is 2.02. The van der Waals surface area contributed by atoms with Gasteiger partial charge in [0.1, 0.15) is 12.4 Å². The van der Waals surface area contributed by atoms with E-state index in [-0.39, 0.29) is 6.04 Å². The van der Waals surface area contributed by atoms with Crippen molar-refractivity contribution in [3.63, 3.8) is 0 Å². The number of benzene rings is 1. The molecule has 0 radical (unpaired) electrons. The van der Waals surface area contributed by atoms with E-state index in [2.05, 4.69) is 12.8 Å². The fourth-order valence-corrected chi connectivity index (χ4v) is 1.17. The summed E-state index contributed by atoms with van der Waals surface area (Å²) < 4.78 is 5.25. The first-order chi connectivity index (χ1) is 6.77. The van der Waals surface area contributed by atoms with Crippen LogP contribution in [0.2, 0.25) is 0 Å². The fraction of sp³-hybridized carbons (Fsp3) is 0.333. The summed E-state index contributed by atoms with van der Waals surface area (Å²) in [4.78, 5) is 0. The van der Waals surface area contributed by atoms with Gasteiger partial charge in [-0.15, -0.1) is 6.42 Å². The summed E-state index contributed by atoms with van der Waals surface area (Å²) in [6.45, 7) is 2.37. The van der Waals surface area contributed by atoms with Gasteiger partial charge in [-0.05, 0) is 24.1 Å². The number of nitrogens with two attached hydrogens (primary N) is 1. The summed E-state index contributed by atoms with van der Waals surface area (Å²) in [7, 11) is 0. The van der Waals surface area contributed by atoms with Crippen LogP contribution in [0, 0.1) is 12.3 Å². The van der Waals surface area contributed by atoms with E-state index in [1.807, 2.05) is 24.3 Å². The first-order valence-corrected chi connectivity index (χ1v) is 4.69. The van der Waals surface area contributed by atoms with Gasteiger partial charge in [0, 0.05) is 6.04 Å². The average molecular weight is 189 g/mol. The second-order valence-electron chi connectivity index (χ2n) is 3.08. The van der Waals surface area contributed by atoms with E-state index in [9.17, 15) is 0 Å². The number of rotatable bonds is 4. The molecule has 0 aromatic heterocycles. The van der Waals surface area contributed by atoms with Crippen LogP contribution in [0.3, 0.4) is 0 Å². The lowest BCUT2D eigenvalue weighted by atomic mass is 10.1.